The summed E-state index contributed by atoms with van der Waals surface area (Å²) in [5, 5.41) is 10.1. The molecule has 0 spiro atoms. The fraction of sp³-hybridized carbons (Fsp3) is 0.333. The van der Waals surface area contributed by atoms with Crippen LogP contribution in [-0.4, -0.2) is 52.7 Å². The molecule has 0 bridgehead atoms. The third kappa shape index (κ3) is 2.40. The highest BCUT2D eigenvalue weighted by molar-refractivity contribution is 9.10. The van der Waals surface area contributed by atoms with Crippen LogP contribution in [0.25, 0.3) is 10.9 Å². The molecular formula is C15H15BrN2O4. The Morgan fingerprint density at radius 1 is 1.45 bits per heavy atom. The molecule has 1 aliphatic rings. The minimum atomic E-state index is -1.01. The normalized spacial score (nSPS) is 21.5. The Bertz CT molecular complexity index is 742. The van der Waals surface area contributed by atoms with Gasteiger partial charge >= 0.3 is 5.97 Å². The first-order valence-electron chi connectivity index (χ1n) is 6.85. The van der Waals surface area contributed by atoms with Gasteiger partial charge in [-0.3, -0.25) is 4.79 Å². The third-order valence-electron chi connectivity index (χ3n) is 4.03. The van der Waals surface area contributed by atoms with Crippen LogP contribution in [0.3, 0.4) is 0 Å². The van der Waals surface area contributed by atoms with E-state index in [0.717, 1.165) is 15.4 Å². The zero-order chi connectivity index (χ0) is 15.9. The summed E-state index contributed by atoms with van der Waals surface area (Å²) in [6.07, 6.45) is 1.68. The molecule has 7 heteroatoms. The number of aromatic amines is 1. The van der Waals surface area contributed by atoms with Gasteiger partial charge in [0.25, 0.3) is 5.91 Å². The Balaban J connectivity index is 2.00. The largest absolute Gasteiger partial charge is 0.480 e. The monoisotopic (exact) mass is 366 g/mol. The number of amides is 1. The second-order valence-corrected chi connectivity index (χ2v) is 6.12. The summed E-state index contributed by atoms with van der Waals surface area (Å²) < 4.78 is 6.02. The number of hydrogen-bond acceptors (Lipinski definition) is 3. The Kier molecular flexibility index (Phi) is 3.92. The van der Waals surface area contributed by atoms with E-state index in [-0.39, 0.29) is 18.6 Å². The minimum absolute atomic E-state index is 0.251. The van der Waals surface area contributed by atoms with Gasteiger partial charge < -0.3 is 19.7 Å². The fourth-order valence-electron chi connectivity index (χ4n) is 2.89. The van der Waals surface area contributed by atoms with Crippen molar-refractivity contribution >= 4 is 38.7 Å². The van der Waals surface area contributed by atoms with Crippen molar-refractivity contribution in [2.24, 2.45) is 0 Å². The van der Waals surface area contributed by atoms with Gasteiger partial charge in [-0.15, -0.1) is 0 Å². The number of carboxylic acids is 1. The molecule has 0 radical (unpaired) electrons. The van der Waals surface area contributed by atoms with Crippen LogP contribution in [0.4, 0.5) is 0 Å². The fourth-order valence-corrected chi connectivity index (χ4v) is 3.47. The number of ether oxygens (including phenoxy) is 1. The van der Waals surface area contributed by atoms with Crippen LogP contribution in [0.5, 0.6) is 0 Å². The highest BCUT2D eigenvalue weighted by atomic mass is 79.9. The molecule has 0 aliphatic carbocycles. The van der Waals surface area contributed by atoms with Gasteiger partial charge in [0, 0.05) is 41.6 Å². The van der Waals surface area contributed by atoms with Crippen LogP contribution >= 0.6 is 15.9 Å². The molecule has 1 saturated heterocycles. The van der Waals surface area contributed by atoms with E-state index in [0.29, 0.717) is 12.0 Å². The van der Waals surface area contributed by atoms with E-state index in [1.54, 1.807) is 6.20 Å². The SMILES string of the molecule is COC1CC(C(=O)O)N(C(=O)c2c[nH]c3cccc(Br)c23)C1. The van der Waals surface area contributed by atoms with Gasteiger partial charge in [0.1, 0.15) is 6.04 Å². The summed E-state index contributed by atoms with van der Waals surface area (Å²) in [5.74, 6) is -1.31. The number of rotatable bonds is 3. The first-order valence-corrected chi connectivity index (χ1v) is 7.64. The lowest BCUT2D eigenvalue weighted by molar-refractivity contribution is -0.141. The summed E-state index contributed by atoms with van der Waals surface area (Å²) in [6, 6.07) is 4.73. The number of fused-ring (bicyclic) bond motifs is 1. The third-order valence-corrected chi connectivity index (χ3v) is 4.69. The Labute approximate surface area is 135 Å². The average Bonchev–Trinajstić information content (AvgIpc) is 3.11. The van der Waals surface area contributed by atoms with E-state index in [2.05, 4.69) is 20.9 Å². The van der Waals surface area contributed by atoms with E-state index in [1.165, 1.54) is 12.0 Å². The van der Waals surface area contributed by atoms with Crippen molar-refractivity contribution in [2.75, 3.05) is 13.7 Å². The standard InChI is InChI=1S/C15H15BrN2O4/c1-22-8-5-12(15(20)21)18(7-8)14(19)9-6-17-11-4-2-3-10(16)13(9)11/h2-4,6,8,12,17H,5,7H2,1H3,(H,20,21). The van der Waals surface area contributed by atoms with E-state index < -0.39 is 12.0 Å². The summed E-state index contributed by atoms with van der Waals surface area (Å²) in [4.78, 5) is 28.6. The summed E-state index contributed by atoms with van der Waals surface area (Å²) in [5.41, 5.74) is 1.29. The molecule has 22 heavy (non-hydrogen) atoms. The molecule has 1 aromatic heterocycles. The number of aliphatic carboxylic acids is 1. The van der Waals surface area contributed by atoms with Crippen LogP contribution in [0.1, 0.15) is 16.8 Å². The molecular weight excluding hydrogens is 352 g/mol. The van der Waals surface area contributed by atoms with E-state index >= 15 is 0 Å². The van der Waals surface area contributed by atoms with E-state index in [1.807, 2.05) is 18.2 Å². The first-order chi connectivity index (χ1) is 10.5. The summed E-state index contributed by atoms with van der Waals surface area (Å²) >= 11 is 3.44. The minimum Gasteiger partial charge on any atom is -0.480 e. The van der Waals surface area contributed by atoms with Crippen LogP contribution in [0.15, 0.2) is 28.9 Å². The van der Waals surface area contributed by atoms with Crippen LogP contribution < -0.4 is 0 Å². The second kappa shape index (κ2) is 5.73. The number of aromatic nitrogens is 1. The number of carboxylic acid groups (broad SMARTS) is 1. The zero-order valence-corrected chi connectivity index (χ0v) is 13.5. The lowest BCUT2D eigenvalue weighted by atomic mass is 10.1. The number of hydrogen-bond donors (Lipinski definition) is 2. The number of nitrogens with zero attached hydrogens (tertiary/aromatic N) is 1. The van der Waals surface area contributed by atoms with Gasteiger partial charge in [0.05, 0.1) is 11.7 Å². The van der Waals surface area contributed by atoms with Crippen molar-refractivity contribution in [1.82, 2.24) is 9.88 Å². The quantitative estimate of drug-likeness (QED) is 0.872. The molecule has 116 valence electrons. The number of H-pyrrole nitrogens is 1. The predicted molar refractivity (Wildman–Crippen MR) is 83.9 cm³/mol. The van der Waals surface area contributed by atoms with E-state index in [4.69, 9.17) is 4.74 Å². The maximum absolute atomic E-state index is 12.8. The number of benzene rings is 1. The number of likely N-dealkylation sites (tertiary alicyclic amines) is 1. The van der Waals surface area contributed by atoms with Crippen LogP contribution in [-0.2, 0) is 9.53 Å². The Morgan fingerprint density at radius 2 is 2.23 bits per heavy atom. The smallest absolute Gasteiger partial charge is 0.326 e. The summed E-state index contributed by atoms with van der Waals surface area (Å²) in [7, 11) is 1.53. The van der Waals surface area contributed by atoms with Gasteiger partial charge in [-0.2, -0.15) is 0 Å². The number of methoxy groups -OCH3 is 1. The van der Waals surface area contributed by atoms with Gasteiger partial charge in [-0.25, -0.2) is 4.79 Å². The molecule has 1 amide bonds. The first kappa shape index (κ1) is 15.1. The van der Waals surface area contributed by atoms with Crippen molar-refractivity contribution in [1.29, 1.82) is 0 Å². The van der Waals surface area contributed by atoms with Crippen molar-refractivity contribution < 1.29 is 19.4 Å². The predicted octanol–water partition coefficient (Wildman–Crippen LogP) is 2.24. The van der Waals surface area contributed by atoms with Gasteiger partial charge in [-0.05, 0) is 12.1 Å². The van der Waals surface area contributed by atoms with Crippen molar-refractivity contribution in [2.45, 2.75) is 18.6 Å². The molecule has 0 saturated carbocycles. The molecule has 6 nitrogen and oxygen atoms in total. The maximum atomic E-state index is 12.8. The van der Waals surface area contributed by atoms with Crippen molar-refractivity contribution in [3.63, 3.8) is 0 Å². The molecule has 1 aliphatic heterocycles. The number of carbonyl (C=O) groups excluding carboxylic acids is 1. The van der Waals surface area contributed by atoms with Gasteiger partial charge in [-0.1, -0.05) is 22.0 Å². The molecule has 1 fully saturated rings. The van der Waals surface area contributed by atoms with Gasteiger partial charge in [0.15, 0.2) is 0 Å². The summed E-state index contributed by atoms with van der Waals surface area (Å²) in [6.45, 7) is 0.281. The molecule has 2 N–H and O–H groups in total. The topological polar surface area (TPSA) is 82.6 Å². The molecule has 2 heterocycles. The Hall–Kier alpha value is -1.86. The number of nitrogens with one attached hydrogen (secondary N) is 1. The second-order valence-electron chi connectivity index (χ2n) is 5.27. The lowest BCUT2D eigenvalue weighted by Gasteiger charge is -2.21. The number of halogens is 1. The van der Waals surface area contributed by atoms with Crippen LogP contribution in [0, 0.1) is 0 Å². The zero-order valence-electron chi connectivity index (χ0n) is 11.9. The molecule has 2 unspecified atom stereocenters. The molecule has 3 rings (SSSR count). The lowest BCUT2D eigenvalue weighted by Crippen LogP contribution is -2.40. The molecule has 2 aromatic rings. The Morgan fingerprint density at radius 3 is 2.91 bits per heavy atom. The average molecular weight is 367 g/mol. The van der Waals surface area contributed by atoms with Crippen LogP contribution in [0.2, 0.25) is 0 Å². The van der Waals surface area contributed by atoms with Crippen molar-refractivity contribution in [3.8, 4) is 0 Å². The maximum Gasteiger partial charge on any atom is 0.326 e. The van der Waals surface area contributed by atoms with E-state index in [9.17, 15) is 14.7 Å². The van der Waals surface area contributed by atoms with Gasteiger partial charge in [0.2, 0.25) is 0 Å². The number of carbonyl (C=O) groups is 2. The van der Waals surface area contributed by atoms with Crippen molar-refractivity contribution in [3.05, 3.63) is 34.4 Å². The molecule has 1 aromatic carbocycles. The highest BCUT2D eigenvalue weighted by Crippen LogP contribution is 2.30. The highest BCUT2D eigenvalue weighted by Gasteiger charge is 2.40. The molecule has 2 atom stereocenters.